The molecular formula is C10H23NO. The van der Waals surface area contributed by atoms with Gasteiger partial charge in [0.2, 0.25) is 0 Å². The lowest BCUT2D eigenvalue weighted by atomic mass is 9.99. The van der Waals surface area contributed by atoms with Gasteiger partial charge in [0.15, 0.2) is 0 Å². The van der Waals surface area contributed by atoms with Crippen LogP contribution in [0.25, 0.3) is 0 Å². The average Bonchev–Trinajstić information content (AvgIpc) is 1.85. The number of rotatable bonds is 6. The van der Waals surface area contributed by atoms with Crippen molar-refractivity contribution >= 4 is 0 Å². The van der Waals surface area contributed by atoms with E-state index in [4.69, 9.17) is 5.11 Å². The van der Waals surface area contributed by atoms with Crippen molar-refractivity contribution in [3.8, 4) is 0 Å². The Labute approximate surface area is 76.4 Å². The summed E-state index contributed by atoms with van der Waals surface area (Å²) in [6.45, 7) is 8.92. The van der Waals surface area contributed by atoms with Gasteiger partial charge in [0.1, 0.15) is 0 Å². The molecule has 0 aromatic rings. The lowest BCUT2D eigenvalue weighted by molar-refractivity contribution is 0.219. The van der Waals surface area contributed by atoms with Crippen molar-refractivity contribution in [3.05, 3.63) is 0 Å². The van der Waals surface area contributed by atoms with Crippen LogP contribution in [-0.2, 0) is 0 Å². The van der Waals surface area contributed by atoms with E-state index in [9.17, 15) is 0 Å². The summed E-state index contributed by atoms with van der Waals surface area (Å²) in [5, 5.41) is 12.3. The first-order valence-electron chi connectivity index (χ1n) is 4.90. The SMILES string of the molecule is CCCC(C)NC(C)(C)CCO. The lowest BCUT2D eigenvalue weighted by Crippen LogP contribution is -2.45. The van der Waals surface area contributed by atoms with Crippen LogP contribution in [0.4, 0.5) is 0 Å². The normalized spacial score (nSPS) is 14.8. The highest BCUT2D eigenvalue weighted by molar-refractivity contribution is 4.79. The van der Waals surface area contributed by atoms with E-state index in [0.717, 1.165) is 6.42 Å². The van der Waals surface area contributed by atoms with Crippen LogP contribution < -0.4 is 5.32 Å². The number of nitrogens with one attached hydrogen (secondary N) is 1. The van der Waals surface area contributed by atoms with Gasteiger partial charge < -0.3 is 10.4 Å². The third-order valence-electron chi connectivity index (χ3n) is 2.10. The first kappa shape index (κ1) is 11.9. The van der Waals surface area contributed by atoms with Crippen LogP contribution >= 0.6 is 0 Å². The molecule has 2 N–H and O–H groups in total. The summed E-state index contributed by atoms with van der Waals surface area (Å²) in [6, 6.07) is 0.552. The minimum atomic E-state index is 0.0728. The maximum absolute atomic E-state index is 8.80. The first-order valence-corrected chi connectivity index (χ1v) is 4.90. The smallest absolute Gasteiger partial charge is 0.0448 e. The Hall–Kier alpha value is -0.0800. The number of aliphatic hydroxyl groups is 1. The zero-order valence-electron chi connectivity index (χ0n) is 8.85. The molecule has 0 fully saturated rings. The van der Waals surface area contributed by atoms with Gasteiger partial charge in [0.05, 0.1) is 0 Å². The fourth-order valence-electron chi connectivity index (χ4n) is 1.52. The summed E-state index contributed by atoms with van der Waals surface area (Å²) in [7, 11) is 0. The fraction of sp³-hybridized carbons (Fsp3) is 1.00. The largest absolute Gasteiger partial charge is 0.396 e. The van der Waals surface area contributed by atoms with Crippen molar-refractivity contribution in [2.75, 3.05) is 6.61 Å². The maximum Gasteiger partial charge on any atom is 0.0448 e. The number of hydrogen-bond donors (Lipinski definition) is 2. The predicted octanol–water partition coefficient (Wildman–Crippen LogP) is 1.93. The molecule has 0 heterocycles. The molecule has 0 saturated heterocycles. The van der Waals surface area contributed by atoms with Gasteiger partial charge in [-0.15, -0.1) is 0 Å². The topological polar surface area (TPSA) is 32.3 Å². The summed E-state index contributed by atoms with van der Waals surface area (Å²) in [4.78, 5) is 0. The first-order chi connectivity index (χ1) is 5.52. The van der Waals surface area contributed by atoms with E-state index in [-0.39, 0.29) is 12.1 Å². The Morgan fingerprint density at radius 2 is 2.00 bits per heavy atom. The molecule has 0 spiro atoms. The Morgan fingerprint density at radius 1 is 1.42 bits per heavy atom. The van der Waals surface area contributed by atoms with Crippen molar-refractivity contribution < 1.29 is 5.11 Å². The van der Waals surface area contributed by atoms with E-state index in [1.807, 2.05) is 0 Å². The van der Waals surface area contributed by atoms with Gasteiger partial charge in [-0.05, 0) is 33.6 Å². The summed E-state index contributed by atoms with van der Waals surface area (Å²) in [5.74, 6) is 0. The van der Waals surface area contributed by atoms with Gasteiger partial charge >= 0.3 is 0 Å². The molecule has 0 aliphatic carbocycles. The fourth-order valence-corrected chi connectivity index (χ4v) is 1.52. The summed E-state index contributed by atoms with van der Waals surface area (Å²) >= 11 is 0. The molecule has 0 aromatic heterocycles. The molecule has 1 atom stereocenters. The zero-order chi connectivity index (χ0) is 9.61. The molecule has 1 unspecified atom stereocenters. The second-order valence-electron chi connectivity index (χ2n) is 4.19. The quantitative estimate of drug-likeness (QED) is 0.643. The highest BCUT2D eigenvalue weighted by Gasteiger charge is 2.18. The molecule has 0 saturated carbocycles. The predicted molar refractivity (Wildman–Crippen MR) is 53.3 cm³/mol. The summed E-state index contributed by atoms with van der Waals surface area (Å²) in [6.07, 6.45) is 3.24. The highest BCUT2D eigenvalue weighted by atomic mass is 16.3. The zero-order valence-corrected chi connectivity index (χ0v) is 8.85. The van der Waals surface area contributed by atoms with Crippen molar-refractivity contribution in [1.82, 2.24) is 5.32 Å². The van der Waals surface area contributed by atoms with Gasteiger partial charge in [0, 0.05) is 18.2 Å². The molecule has 0 bridgehead atoms. The Balaban J connectivity index is 3.70. The van der Waals surface area contributed by atoms with Crippen LogP contribution in [0.5, 0.6) is 0 Å². The maximum atomic E-state index is 8.80. The molecule has 0 aromatic carbocycles. The second-order valence-corrected chi connectivity index (χ2v) is 4.19. The van der Waals surface area contributed by atoms with Gasteiger partial charge in [-0.2, -0.15) is 0 Å². The molecule has 0 aliphatic heterocycles. The molecule has 0 aliphatic rings. The monoisotopic (exact) mass is 173 g/mol. The second kappa shape index (κ2) is 5.55. The van der Waals surface area contributed by atoms with E-state index in [2.05, 4.69) is 33.0 Å². The summed E-state index contributed by atoms with van der Waals surface area (Å²) < 4.78 is 0. The van der Waals surface area contributed by atoms with Crippen molar-refractivity contribution in [2.24, 2.45) is 0 Å². The molecule has 0 amide bonds. The minimum Gasteiger partial charge on any atom is -0.396 e. The van der Waals surface area contributed by atoms with E-state index < -0.39 is 0 Å². The van der Waals surface area contributed by atoms with Crippen LogP contribution in [0.3, 0.4) is 0 Å². The third kappa shape index (κ3) is 5.56. The van der Waals surface area contributed by atoms with Crippen molar-refractivity contribution in [2.45, 2.75) is 58.5 Å². The van der Waals surface area contributed by atoms with Crippen LogP contribution in [0.15, 0.2) is 0 Å². The van der Waals surface area contributed by atoms with Crippen molar-refractivity contribution in [1.29, 1.82) is 0 Å². The Kier molecular flexibility index (Phi) is 5.51. The summed E-state index contributed by atoms with van der Waals surface area (Å²) in [5.41, 5.74) is 0.0728. The third-order valence-corrected chi connectivity index (χ3v) is 2.10. The molecule has 12 heavy (non-hydrogen) atoms. The molecule has 2 nitrogen and oxygen atoms in total. The van der Waals surface area contributed by atoms with E-state index >= 15 is 0 Å². The average molecular weight is 173 g/mol. The van der Waals surface area contributed by atoms with E-state index in [1.165, 1.54) is 12.8 Å². The van der Waals surface area contributed by atoms with Crippen LogP contribution in [0.1, 0.15) is 47.0 Å². The molecule has 2 heteroatoms. The Morgan fingerprint density at radius 3 is 2.42 bits per heavy atom. The van der Waals surface area contributed by atoms with Gasteiger partial charge in [-0.1, -0.05) is 13.3 Å². The molecule has 0 radical (unpaired) electrons. The lowest BCUT2D eigenvalue weighted by Gasteiger charge is -2.29. The van der Waals surface area contributed by atoms with Gasteiger partial charge in [-0.25, -0.2) is 0 Å². The van der Waals surface area contributed by atoms with Crippen LogP contribution in [-0.4, -0.2) is 23.3 Å². The van der Waals surface area contributed by atoms with Gasteiger partial charge in [-0.3, -0.25) is 0 Å². The molecular weight excluding hydrogens is 150 g/mol. The van der Waals surface area contributed by atoms with E-state index in [0.29, 0.717) is 6.04 Å². The van der Waals surface area contributed by atoms with Crippen LogP contribution in [0, 0.1) is 0 Å². The highest BCUT2D eigenvalue weighted by Crippen LogP contribution is 2.10. The van der Waals surface area contributed by atoms with Crippen molar-refractivity contribution in [3.63, 3.8) is 0 Å². The Bertz CT molecular complexity index is 112. The van der Waals surface area contributed by atoms with Gasteiger partial charge in [0.25, 0.3) is 0 Å². The number of aliphatic hydroxyl groups excluding tert-OH is 1. The minimum absolute atomic E-state index is 0.0728. The number of hydrogen-bond acceptors (Lipinski definition) is 2. The van der Waals surface area contributed by atoms with E-state index in [1.54, 1.807) is 0 Å². The standard InChI is InChI=1S/C10H23NO/c1-5-6-9(2)11-10(3,4)7-8-12/h9,11-12H,5-8H2,1-4H3. The van der Waals surface area contributed by atoms with Crippen LogP contribution in [0.2, 0.25) is 0 Å². The molecule has 74 valence electrons. The molecule has 0 rings (SSSR count).